The van der Waals surface area contributed by atoms with E-state index in [0.717, 1.165) is 10.0 Å². The van der Waals surface area contributed by atoms with E-state index in [2.05, 4.69) is 92.9 Å². The SMILES string of the molecule is Cc1ccc(-c2cc(Cl)ccc2[Te]S[Te]c2ccc(Cl)cc2-c2ccc(C)cc2)cc1. The van der Waals surface area contributed by atoms with E-state index in [-0.39, 0.29) is 39.1 Å². The van der Waals surface area contributed by atoms with E-state index in [1.54, 1.807) is 0 Å². The summed E-state index contributed by atoms with van der Waals surface area (Å²) >= 11 is 11.9. The van der Waals surface area contributed by atoms with E-state index in [1.807, 2.05) is 12.1 Å². The van der Waals surface area contributed by atoms with Crippen LogP contribution >= 0.6 is 29.4 Å². The monoisotopic (exact) mass is 694 g/mol. The molecule has 0 saturated heterocycles. The molecule has 0 atom stereocenters. The Labute approximate surface area is 215 Å². The first-order valence-electron chi connectivity index (χ1n) is 9.74. The van der Waals surface area contributed by atoms with Gasteiger partial charge in [0.25, 0.3) is 0 Å². The van der Waals surface area contributed by atoms with Gasteiger partial charge in [0.2, 0.25) is 0 Å². The molecule has 0 amide bonds. The van der Waals surface area contributed by atoms with E-state index in [4.69, 9.17) is 23.2 Å². The zero-order valence-electron chi connectivity index (χ0n) is 17.1. The molecular formula is C26H20Cl2STe2. The first-order valence-corrected chi connectivity index (χ1v) is 19.2. The van der Waals surface area contributed by atoms with Crippen LogP contribution in [0.15, 0.2) is 84.9 Å². The van der Waals surface area contributed by atoms with Gasteiger partial charge in [-0.15, -0.1) is 0 Å². The molecule has 0 radical (unpaired) electrons. The van der Waals surface area contributed by atoms with Gasteiger partial charge in [-0.2, -0.15) is 0 Å². The minimum atomic E-state index is -0.390. The van der Waals surface area contributed by atoms with Gasteiger partial charge >= 0.3 is 218 Å². The summed E-state index contributed by atoms with van der Waals surface area (Å²) in [7, 11) is 0. The van der Waals surface area contributed by atoms with E-state index >= 15 is 0 Å². The fourth-order valence-electron chi connectivity index (χ4n) is 3.16. The fourth-order valence-corrected chi connectivity index (χ4v) is 19.8. The Morgan fingerprint density at radius 1 is 0.548 bits per heavy atom. The Hall–Kier alpha value is -0.611. The van der Waals surface area contributed by atoms with Crippen molar-refractivity contribution in [3.63, 3.8) is 0 Å². The van der Waals surface area contributed by atoms with E-state index in [1.165, 1.54) is 40.6 Å². The quantitative estimate of drug-likeness (QED) is 0.199. The maximum absolute atomic E-state index is 6.35. The topological polar surface area (TPSA) is 0 Å². The molecule has 0 fully saturated rings. The van der Waals surface area contributed by atoms with Gasteiger partial charge in [-0.25, -0.2) is 0 Å². The van der Waals surface area contributed by atoms with Crippen LogP contribution in [0.3, 0.4) is 0 Å². The number of rotatable bonds is 6. The number of halogens is 2. The summed E-state index contributed by atoms with van der Waals surface area (Å²) in [4.78, 5) is 0. The number of aryl methyl sites for hydroxylation is 2. The van der Waals surface area contributed by atoms with Gasteiger partial charge in [0, 0.05) is 0 Å². The molecule has 4 aromatic carbocycles. The molecule has 5 heteroatoms. The predicted octanol–water partition coefficient (Wildman–Crippen LogP) is 6.87. The number of hydrogen-bond acceptors (Lipinski definition) is 1. The van der Waals surface area contributed by atoms with Crippen LogP contribution in [0.5, 0.6) is 0 Å². The average Bonchev–Trinajstić information content (AvgIpc) is 2.77. The second-order valence-electron chi connectivity index (χ2n) is 7.25. The summed E-state index contributed by atoms with van der Waals surface area (Å²) in [6, 6.07) is 30.2. The van der Waals surface area contributed by atoms with Crippen LogP contribution in [-0.4, -0.2) is 39.1 Å². The molecule has 0 spiro atoms. The Morgan fingerprint density at radius 3 is 1.32 bits per heavy atom. The van der Waals surface area contributed by atoms with Crippen LogP contribution in [0.2, 0.25) is 10.0 Å². The average molecular weight is 691 g/mol. The van der Waals surface area contributed by atoms with Gasteiger partial charge in [-0.05, 0) is 0 Å². The molecule has 0 heterocycles. The summed E-state index contributed by atoms with van der Waals surface area (Å²) in [6.07, 6.45) is 2.17. The normalized spacial score (nSPS) is 11.0. The van der Waals surface area contributed by atoms with Crippen LogP contribution in [0.4, 0.5) is 0 Å². The van der Waals surface area contributed by atoms with Gasteiger partial charge in [0.15, 0.2) is 0 Å². The van der Waals surface area contributed by atoms with Crippen LogP contribution < -0.4 is 7.22 Å². The third-order valence-corrected chi connectivity index (χ3v) is 19.9. The van der Waals surface area contributed by atoms with Crippen molar-refractivity contribution in [1.29, 1.82) is 0 Å². The maximum atomic E-state index is 6.35. The number of hydrogen-bond donors (Lipinski definition) is 0. The molecule has 0 aromatic heterocycles. The van der Waals surface area contributed by atoms with Crippen molar-refractivity contribution in [1.82, 2.24) is 0 Å². The zero-order valence-corrected chi connectivity index (χ0v) is 24.1. The molecular weight excluding hydrogens is 670 g/mol. The van der Waals surface area contributed by atoms with Crippen LogP contribution in [0.1, 0.15) is 11.1 Å². The molecule has 156 valence electrons. The van der Waals surface area contributed by atoms with Crippen molar-refractivity contribution in [2.24, 2.45) is 0 Å². The van der Waals surface area contributed by atoms with Crippen LogP contribution in [0.25, 0.3) is 22.3 Å². The third kappa shape index (κ3) is 6.25. The molecule has 0 aliphatic carbocycles. The van der Waals surface area contributed by atoms with Gasteiger partial charge in [0.1, 0.15) is 0 Å². The standard InChI is InChI=1S/C26H20Cl2STe2/c1-17-3-7-19(8-4-17)23-15-21(27)11-13-25(23)30-29-31-26-14-12-22(28)16-24(26)20-9-5-18(2)6-10-20/h3-16H,1-2H3. The first-order chi connectivity index (χ1) is 15.0. The van der Waals surface area contributed by atoms with Gasteiger partial charge in [0.05, 0.1) is 0 Å². The third-order valence-electron chi connectivity index (χ3n) is 4.86. The second kappa shape index (κ2) is 11.0. The van der Waals surface area contributed by atoms with Crippen LogP contribution in [-0.2, 0) is 0 Å². The second-order valence-corrected chi connectivity index (χ2v) is 22.9. The Morgan fingerprint density at radius 2 is 0.935 bits per heavy atom. The van der Waals surface area contributed by atoms with Crippen molar-refractivity contribution >= 4 is 75.7 Å². The van der Waals surface area contributed by atoms with Crippen LogP contribution in [0, 0.1) is 13.8 Å². The number of benzene rings is 4. The van der Waals surface area contributed by atoms with E-state index in [0.29, 0.717) is 0 Å². The van der Waals surface area contributed by atoms with Gasteiger partial charge in [-0.1, -0.05) is 0 Å². The van der Waals surface area contributed by atoms with Gasteiger partial charge < -0.3 is 0 Å². The molecule has 4 rings (SSSR count). The molecule has 0 unspecified atom stereocenters. The molecule has 0 nitrogen and oxygen atoms in total. The Kier molecular flexibility index (Phi) is 8.36. The van der Waals surface area contributed by atoms with E-state index in [9.17, 15) is 0 Å². The summed E-state index contributed by atoms with van der Waals surface area (Å²) in [5.41, 5.74) is 7.62. The first kappa shape index (κ1) is 23.5. The summed E-state index contributed by atoms with van der Waals surface area (Å²) in [5.74, 6) is 0. The molecule has 0 aliphatic heterocycles. The fraction of sp³-hybridized carbons (Fsp3) is 0.0769. The van der Waals surface area contributed by atoms with Crippen molar-refractivity contribution < 1.29 is 0 Å². The molecule has 0 bridgehead atoms. The summed E-state index contributed by atoms with van der Waals surface area (Å²) in [5, 5.41) is 1.60. The zero-order chi connectivity index (χ0) is 21.8. The molecule has 31 heavy (non-hydrogen) atoms. The molecule has 0 saturated carbocycles. The summed E-state index contributed by atoms with van der Waals surface area (Å²) < 4.78 is 2.92. The minimum absolute atomic E-state index is 0.390. The van der Waals surface area contributed by atoms with Crippen molar-refractivity contribution in [2.45, 2.75) is 13.8 Å². The van der Waals surface area contributed by atoms with Crippen molar-refractivity contribution in [3.8, 4) is 22.3 Å². The molecule has 0 N–H and O–H groups in total. The predicted molar refractivity (Wildman–Crippen MR) is 142 cm³/mol. The Bertz CT molecular complexity index is 1090. The van der Waals surface area contributed by atoms with E-state index < -0.39 is 0 Å². The van der Waals surface area contributed by atoms with Crippen molar-refractivity contribution in [3.05, 3.63) is 106 Å². The van der Waals surface area contributed by atoms with Gasteiger partial charge in [-0.3, -0.25) is 0 Å². The van der Waals surface area contributed by atoms with Crippen molar-refractivity contribution in [2.75, 3.05) is 0 Å². The molecule has 4 aromatic rings. The summed E-state index contributed by atoms with van der Waals surface area (Å²) in [6.45, 7) is 4.24. The molecule has 0 aliphatic rings. The Balaban J connectivity index is 1.55.